The molecule has 0 N–H and O–H groups in total. The summed E-state index contributed by atoms with van der Waals surface area (Å²) in [6, 6.07) is 13.2. The van der Waals surface area contributed by atoms with Crippen molar-refractivity contribution in [2.24, 2.45) is 0 Å². The van der Waals surface area contributed by atoms with Gasteiger partial charge in [0.2, 0.25) is 5.78 Å². The van der Waals surface area contributed by atoms with E-state index in [1.165, 1.54) is 13.3 Å². The van der Waals surface area contributed by atoms with Crippen LogP contribution in [0.5, 0.6) is 5.75 Å². The number of hydrogen-bond acceptors (Lipinski definition) is 5. The third-order valence-corrected chi connectivity index (χ3v) is 4.00. The van der Waals surface area contributed by atoms with Gasteiger partial charge in [-0.1, -0.05) is 24.3 Å². The Kier molecular flexibility index (Phi) is 4.58. The zero-order chi connectivity index (χ0) is 18.8. The van der Waals surface area contributed by atoms with Crippen LogP contribution in [0.2, 0.25) is 0 Å². The third-order valence-electron chi connectivity index (χ3n) is 4.00. The van der Waals surface area contributed by atoms with Gasteiger partial charge in [-0.3, -0.25) is 14.4 Å². The SMILES string of the molecule is COc1ccccc1C(=O)/C(=C/N(C)C)N1C(=O)c2ccccc2C1=O. The van der Waals surface area contributed by atoms with Crippen molar-refractivity contribution < 1.29 is 19.1 Å². The van der Waals surface area contributed by atoms with Gasteiger partial charge in [-0.05, 0) is 24.3 Å². The van der Waals surface area contributed by atoms with E-state index in [-0.39, 0.29) is 22.4 Å². The number of rotatable bonds is 5. The maximum absolute atomic E-state index is 13.2. The van der Waals surface area contributed by atoms with Crippen molar-refractivity contribution in [1.82, 2.24) is 9.80 Å². The van der Waals surface area contributed by atoms with Crippen LogP contribution >= 0.6 is 0 Å². The summed E-state index contributed by atoms with van der Waals surface area (Å²) in [4.78, 5) is 41.3. The molecule has 3 rings (SSSR count). The van der Waals surface area contributed by atoms with Crippen LogP contribution in [0, 0.1) is 0 Å². The number of carbonyl (C=O) groups is 3. The number of hydrogen-bond donors (Lipinski definition) is 0. The lowest BCUT2D eigenvalue weighted by Crippen LogP contribution is -2.34. The van der Waals surface area contributed by atoms with E-state index in [1.54, 1.807) is 67.5 Å². The van der Waals surface area contributed by atoms with Crippen LogP contribution in [0.25, 0.3) is 0 Å². The normalized spacial score (nSPS) is 13.7. The van der Waals surface area contributed by atoms with Gasteiger partial charge in [-0.15, -0.1) is 0 Å². The van der Waals surface area contributed by atoms with Crippen LogP contribution in [0.3, 0.4) is 0 Å². The number of ether oxygens (including phenoxy) is 1. The quantitative estimate of drug-likeness (QED) is 0.471. The highest BCUT2D eigenvalue weighted by atomic mass is 16.5. The molecule has 0 atom stereocenters. The number of benzene rings is 2. The van der Waals surface area contributed by atoms with E-state index >= 15 is 0 Å². The minimum atomic E-state index is -0.512. The largest absolute Gasteiger partial charge is 0.496 e. The number of nitrogens with zero attached hydrogens (tertiary/aromatic N) is 2. The maximum Gasteiger partial charge on any atom is 0.266 e. The summed E-state index contributed by atoms with van der Waals surface area (Å²) < 4.78 is 5.25. The van der Waals surface area contributed by atoms with E-state index in [0.29, 0.717) is 5.75 Å². The Hall–Kier alpha value is -3.41. The molecule has 0 fully saturated rings. The Morgan fingerprint density at radius 2 is 1.50 bits per heavy atom. The molecule has 1 aliphatic rings. The Labute approximate surface area is 151 Å². The van der Waals surface area contributed by atoms with Gasteiger partial charge in [0, 0.05) is 20.3 Å². The van der Waals surface area contributed by atoms with Crippen LogP contribution in [0.15, 0.2) is 60.4 Å². The molecule has 26 heavy (non-hydrogen) atoms. The maximum atomic E-state index is 13.2. The molecule has 2 aromatic carbocycles. The second kappa shape index (κ2) is 6.84. The molecule has 0 saturated heterocycles. The highest BCUT2D eigenvalue weighted by molar-refractivity contribution is 6.26. The van der Waals surface area contributed by atoms with Gasteiger partial charge in [-0.25, -0.2) is 4.90 Å². The number of imide groups is 1. The van der Waals surface area contributed by atoms with Gasteiger partial charge in [0.25, 0.3) is 11.8 Å². The molecule has 2 amide bonds. The monoisotopic (exact) mass is 350 g/mol. The molecular formula is C20H18N2O4. The number of carbonyl (C=O) groups excluding carboxylic acids is 3. The topological polar surface area (TPSA) is 66.9 Å². The van der Waals surface area contributed by atoms with Crippen molar-refractivity contribution in [3.63, 3.8) is 0 Å². The Morgan fingerprint density at radius 1 is 0.962 bits per heavy atom. The van der Waals surface area contributed by atoms with Crippen molar-refractivity contribution in [3.8, 4) is 5.75 Å². The first-order valence-corrected chi connectivity index (χ1v) is 7.99. The summed E-state index contributed by atoms with van der Waals surface area (Å²) in [5.41, 5.74) is 0.829. The summed E-state index contributed by atoms with van der Waals surface area (Å²) in [7, 11) is 4.89. The van der Waals surface area contributed by atoms with Crippen molar-refractivity contribution in [1.29, 1.82) is 0 Å². The van der Waals surface area contributed by atoms with E-state index in [2.05, 4.69) is 0 Å². The van der Waals surface area contributed by atoms with Gasteiger partial charge in [-0.2, -0.15) is 0 Å². The summed E-state index contributed by atoms with van der Waals surface area (Å²) in [5, 5.41) is 0. The molecule has 0 aliphatic carbocycles. The number of fused-ring (bicyclic) bond motifs is 1. The van der Waals surface area contributed by atoms with Gasteiger partial charge < -0.3 is 9.64 Å². The second-order valence-electron chi connectivity index (χ2n) is 6.00. The predicted octanol–water partition coefficient (Wildman–Crippen LogP) is 2.58. The van der Waals surface area contributed by atoms with Crippen molar-refractivity contribution >= 4 is 17.6 Å². The highest BCUT2D eigenvalue weighted by Gasteiger charge is 2.40. The lowest BCUT2D eigenvalue weighted by molar-refractivity contribution is 0.0675. The van der Waals surface area contributed by atoms with E-state index in [0.717, 1.165) is 4.90 Å². The molecule has 0 spiro atoms. The van der Waals surface area contributed by atoms with Crippen LogP contribution in [0.1, 0.15) is 31.1 Å². The average Bonchev–Trinajstić information content (AvgIpc) is 2.90. The third kappa shape index (κ3) is 2.86. The molecule has 0 unspecified atom stereocenters. The predicted molar refractivity (Wildman–Crippen MR) is 96.0 cm³/mol. The molecule has 6 nitrogen and oxygen atoms in total. The van der Waals surface area contributed by atoms with Crippen molar-refractivity contribution in [2.45, 2.75) is 0 Å². The molecule has 0 bridgehead atoms. The fourth-order valence-corrected chi connectivity index (χ4v) is 2.84. The molecule has 2 aromatic rings. The van der Waals surface area contributed by atoms with E-state index < -0.39 is 17.6 Å². The second-order valence-corrected chi connectivity index (χ2v) is 6.00. The molecule has 0 aromatic heterocycles. The number of allylic oxidation sites excluding steroid dienone is 1. The standard InChI is InChI=1S/C20H18N2O4/c1-21(2)12-16(18(23)15-10-6-7-11-17(15)26-3)22-19(24)13-8-4-5-9-14(13)20(22)25/h4-12H,1-3H3/b16-12-. The number of methoxy groups -OCH3 is 1. The van der Waals surface area contributed by atoms with Crippen molar-refractivity contribution in [2.75, 3.05) is 21.2 Å². The van der Waals surface area contributed by atoms with Gasteiger partial charge in [0.05, 0.1) is 23.8 Å². The van der Waals surface area contributed by atoms with E-state index in [4.69, 9.17) is 4.74 Å². The highest BCUT2D eigenvalue weighted by Crippen LogP contribution is 2.29. The fraction of sp³-hybridized carbons (Fsp3) is 0.150. The Bertz CT molecular complexity index is 896. The number of Topliss-reactive ketones (excluding diaryl/α,β-unsaturated/α-hetero) is 1. The molecule has 132 valence electrons. The smallest absolute Gasteiger partial charge is 0.266 e. The number of para-hydroxylation sites is 1. The van der Waals surface area contributed by atoms with Gasteiger partial charge in [0.1, 0.15) is 11.4 Å². The van der Waals surface area contributed by atoms with E-state index in [1.807, 2.05) is 0 Å². The van der Waals surface area contributed by atoms with Crippen LogP contribution < -0.4 is 4.74 Å². The zero-order valence-corrected chi connectivity index (χ0v) is 14.7. The Morgan fingerprint density at radius 3 is 2.04 bits per heavy atom. The number of ketones is 1. The molecular weight excluding hydrogens is 332 g/mol. The molecule has 0 saturated carbocycles. The summed E-state index contributed by atoms with van der Waals surface area (Å²) >= 11 is 0. The van der Waals surface area contributed by atoms with Gasteiger partial charge in [0.15, 0.2) is 0 Å². The van der Waals surface area contributed by atoms with Crippen LogP contribution in [-0.4, -0.2) is 48.6 Å². The molecule has 0 radical (unpaired) electrons. The first-order valence-electron chi connectivity index (χ1n) is 7.99. The van der Waals surface area contributed by atoms with Crippen LogP contribution in [0.4, 0.5) is 0 Å². The first kappa shape index (κ1) is 17.4. The molecule has 6 heteroatoms. The summed E-state index contributed by atoms with van der Waals surface area (Å²) in [5.74, 6) is -1.12. The Balaban J connectivity index is 2.10. The lowest BCUT2D eigenvalue weighted by Gasteiger charge is -2.20. The van der Waals surface area contributed by atoms with Gasteiger partial charge >= 0.3 is 0 Å². The minimum absolute atomic E-state index is 0.0225. The summed E-state index contributed by atoms with van der Waals surface area (Å²) in [6.45, 7) is 0. The molecule has 1 heterocycles. The average molecular weight is 350 g/mol. The first-order chi connectivity index (χ1) is 12.5. The summed E-state index contributed by atoms with van der Waals surface area (Å²) in [6.07, 6.45) is 1.47. The number of amides is 2. The molecule has 1 aliphatic heterocycles. The van der Waals surface area contributed by atoms with E-state index in [9.17, 15) is 14.4 Å². The van der Waals surface area contributed by atoms with Crippen molar-refractivity contribution in [3.05, 3.63) is 77.1 Å². The fourth-order valence-electron chi connectivity index (χ4n) is 2.84. The minimum Gasteiger partial charge on any atom is -0.496 e. The zero-order valence-electron chi connectivity index (χ0n) is 14.7. The van der Waals surface area contributed by atoms with Crippen LogP contribution in [-0.2, 0) is 0 Å². The lowest BCUT2D eigenvalue weighted by atomic mass is 10.1.